The molecule has 0 radical (unpaired) electrons. The minimum atomic E-state index is -0.332. The van der Waals surface area contributed by atoms with Gasteiger partial charge in [0, 0.05) is 11.5 Å². The van der Waals surface area contributed by atoms with E-state index in [4.69, 9.17) is 9.15 Å². The van der Waals surface area contributed by atoms with Crippen LogP contribution in [0.5, 0.6) is 5.75 Å². The van der Waals surface area contributed by atoms with Gasteiger partial charge in [-0.05, 0) is 42.7 Å². The van der Waals surface area contributed by atoms with E-state index >= 15 is 0 Å². The predicted molar refractivity (Wildman–Crippen MR) is 108 cm³/mol. The van der Waals surface area contributed by atoms with Gasteiger partial charge < -0.3 is 9.15 Å². The summed E-state index contributed by atoms with van der Waals surface area (Å²) in [6.07, 6.45) is 0. The summed E-state index contributed by atoms with van der Waals surface area (Å²) < 4.78 is 11.5. The molecule has 1 aromatic heterocycles. The van der Waals surface area contributed by atoms with Gasteiger partial charge in [0.05, 0.1) is 5.56 Å². The Labute approximate surface area is 157 Å². The molecule has 0 spiro atoms. The van der Waals surface area contributed by atoms with Gasteiger partial charge in [0.1, 0.15) is 17.9 Å². The molecular formula is C24H20O3. The summed E-state index contributed by atoms with van der Waals surface area (Å²) in [5, 5.41) is 0.913. The largest absolute Gasteiger partial charge is 0.489 e. The van der Waals surface area contributed by atoms with Gasteiger partial charge in [-0.15, -0.1) is 0 Å². The molecule has 3 heteroatoms. The lowest BCUT2D eigenvalue weighted by atomic mass is 10.00. The second-order valence-corrected chi connectivity index (χ2v) is 6.69. The molecule has 27 heavy (non-hydrogen) atoms. The third-order valence-corrected chi connectivity index (χ3v) is 4.73. The molecule has 3 nitrogen and oxygen atoms in total. The topological polar surface area (TPSA) is 39.4 Å². The van der Waals surface area contributed by atoms with Crippen LogP contribution in [0.1, 0.15) is 16.7 Å². The highest BCUT2D eigenvalue weighted by Crippen LogP contribution is 2.29. The van der Waals surface area contributed by atoms with Crippen molar-refractivity contribution in [1.29, 1.82) is 0 Å². The zero-order valence-electron chi connectivity index (χ0n) is 15.4. The number of benzene rings is 3. The van der Waals surface area contributed by atoms with Gasteiger partial charge in [-0.25, -0.2) is 4.79 Å². The first-order chi connectivity index (χ1) is 13.1. The van der Waals surface area contributed by atoms with Crippen LogP contribution in [0.25, 0.3) is 22.1 Å². The Morgan fingerprint density at radius 1 is 0.889 bits per heavy atom. The van der Waals surface area contributed by atoms with Crippen molar-refractivity contribution in [3.63, 3.8) is 0 Å². The highest BCUT2D eigenvalue weighted by molar-refractivity contribution is 5.87. The van der Waals surface area contributed by atoms with Gasteiger partial charge >= 0.3 is 5.63 Å². The molecule has 134 valence electrons. The van der Waals surface area contributed by atoms with Crippen LogP contribution >= 0.6 is 0 Å². The van der Waals surface area contributed by atoms with Gasteiger partial charge in [-0.2, -0.15) is 0 Å². The normalized spacial score (nSPS) is 10.9. The molecule has 0 saturated heterocycles. The van der Waals surface area contributed by atoms with Crippen molar-refractivity contribution in [3.8, 4) is 16.9 Å². The fourth-order valence-electron chi connectivity index (χ4n) is 3.22. The van der Waals surface area contributed by atoms with Crippen molar-refractivity contribution in [2.24, 2.45) is 0 Å². The summed E-state index contributed by atoms with van der Waals surface area (Å²) >= 11 is 0. The molecule has 0 bridgehead atoms. The lowest BCUT2D eigenvalue weighted by Gasteiger charge is -2.10. The summed E-state index contributed by atoms with van der Waals surface area (Å²) in [5.74, 6) is 0.679. The van der Waals surface area contributed by atoms with E-state index in [1.807, 2.05) is 61.5 Å². The molecule has 0 unspecified atom stereocenters. The quantitative estimate of drug-likeness (QED) is 0.443. The summed E-state index contributed by atoms with van der Waals surface area (Å²) in [7, 11) is 0. The predicted octanol–water partition coefficient (Wildman–Crippen LogP) is 5.66. The maximum atomic E-state index is 12.6. The van der Waals surface area contributed by atoms with Crippen LogP contribution in [0.3, 0.4) is 0 Å². The van der Waals surface area contributed by atoms with E-state index < -0.39 is 0 Å². The minimum Gasteiger partial charge on any atom is -0.489 e. The first kappa shape index (κ1) is 17.1. The standard InChI is InChI=1S/C24H20O3/c1-16-8-10-18(11-9-16)15-26-20-12-13-21-17(2)23(19-6-4-3-5-7-19)24(25)27-22(21)14-20/h3-14H,15H2,1-2H3. The van der Waals surface area contributed by atoms with Crippen LogP contribution in [0.2, 0.25) is 0 Å². The van der Waals surface area contributed by atoms with Gasteiger partial charge in [-0.3, -0.25) is 0 Å². The van der Waals surface area contributed by atoms with E-state index in [-0.39, 0.29) is 5.63 Å². The van der Waals surface area contributed by atoms with Crippen LogP contribution in [0.4, 0.5) is 0 Å². The summed E-state index contributed by atoms with van der Waals surface area (Å²) in [6.45, 7) is 4.48. The van der Waals surface area contributed by atoms with Crippen molar-refractivity contribution in [1.82, 2.24) is 0 Å². The molecule has 0 aliphatic carbocycles. The summed E-state index contributed by atoms with van der Waals surface area (Å²) in [4.78, 5) is 12.6. The second-order valence-electron chi connectivity index (χ2n) is 6.69. The van der Waals surface area contributed by atoms with Crippen LogP contribution < -0.4 is 10.4 Å². The van der Waals surface area contributed by atoms with Crippen molar-refractivity contribution >= 4 is 11.0 Å². The van der Waals surface area contributed by atoms with Crippen LogP contribution in [0.15, 0.2) is 82.0 Å². The SMILES string of the molecule is Cc1ccc(COc2ccc3c(C)c(-c4ccccc4)c(=O)oc3c2)cc1. The van der Waals surface area contributed by atoms with Gasteiger partial charge in [-0.1, -0.05) is 60.2 Å². The molecule has 0 aliphatic rings. The maximum Gasteiger partial charge on any atom is 0.344 e. The van der Waals surface area contributed by atoms with Gasteiger partial charge in [0.25, 0.3) is 0 Å². The number of fused-ring (bicyclic) bond motifs is 1. The Hall–Kier alpha value is -3.33. The van der Waals surface area contributed by atoms with E-state index in [9.17, 15) is 4.79 Å². The molecule has 0 fully saturated rings. The van der Waals surface area contributed by atoms with E-state index in [0.717, 1.165) is 22.1 Å². The number of ether oxygens (including phenoxy) is 1. The number of rotatable bonds is 4. The third-order valence-electron chi connectivity index (χ3n) is 4.73. The summed E-state index contributed by atoms with van der Waals surface area (Å²) in [5.41, 5.74) is 4.91. The molecule has 0 atom stereocenters. The van der Waals surface area contributed by atoms with Gasteiger partial charge in [0.2, 0.25) is 0 Å². The number of aryl methyl sites for hydroxylation is 2. The highest BCUT2D eigenvalue weighted by Gasteiger charge is 2.13. The first-order valence-corrected chi connectivity index (χ1v) is 8.93. The van der Waals surface area contributed by atoms with Crippen LogP contribution in [0, 0.1) is 13.8 Å². The fourth-order valence-corrected chi connectivity index (χ4v) is 3.22. The fraction of sp³-hybridized carbons (Fsp3) is 0.125. The molecule has 3 aromatic carbocycles. The van der Waals surface area contributed by atoms with Crippen LogP contribution in [-0.2, 0) is 6.61 Å². The first-order valence-electron chi connectivity index (χ1n) is 8.93. The molecule has 1 heterocycles. The average molecular weight is 356 g/mol. The Morgan fingerprint density at radius 2 is 1.63 bits per heavy atom. The van der Waals surface area contributed by atoms with Crippen molar-refractivity contribution in [2.75, 3.05) is 0 Å². The Kier molecular flexibility index (Phi) is 4.51. The Morgan fingerprint density at radius 3 is 2.37 bits per heavy atom. The molecular weight excluding hydrogens is 336 g/mol. The molecule has 4 aromatic rings. The van der Waals surface area contributed by atoms with Crippen molar-refractivity contribution in [3.05, 3.63) is 99.9 Å². The van der Waals surface area contributed by atoms with Gasteiger partial charge in [0.15, 0.2) is 0 Å². The molecule has 0 amide bonds. The highest BCUT2D eigenvalue weighted by atomic mass is 16.5. The monoisotopic (exact) mass is 356 g/mol. The maximum absolute atomic E-state index is 12.6. The second kappa shape index (κ2) is 7.12. The van der Waals surface area contributed by atoms with E-state index in [1.54, 1.807) is 6.07 Å². The lowest BCUT2D eigenvalue weighted by Crippen LogP contribution is -2.06. The molecule has 0 aliphatic heterocycles. The Bertz CT molecular complexity index is 1140. The smallest absolute Gasteiger partial charge is 0.344 e. The van der Waals surface area contributed by atoms with E-state index in [1.165, 1.54) is 5.56 Å². The lowest BCUT2D eigenvalue weighted by molar-refractivity contribution is 0.306. The molecule has 0 saturated carbocycles. The van der Waals surface area contributed by atoms with E-state index in [2.05, 4.69) is 19.1 Å². The number of hydrogen-bond donors (Lipinski definition) is 0. The molecule has 0 N–H and O–H groups in total. The summed E-state index contributed by atoms with van der Waals surface area (Å²) in [6, 6.07) is 23.5. The number of hydrogen-bond acceptors (Lipinski definition) is 3. The minimum absolute atomic E-state index is 0.332. The van der Waals surface area contributed by atoms with Crippen molar-refractivity contribution < 1.29 is 9.15 Å². The van der Waals surface area contributed by atoms with E-state index in [0.29, 0.717) is 23.5 Å². The average Bonchev–Trinajstić information content (AvgIpc) is 2.68. The van der Waals surface area contributed by atoms with Crippen molar-refractivity contribution in [2.45, 2.75) is 20.5 Å². The molecule has 4 rings (SSSR count). The zero-order chi connectivity index (χ0) is 18.8. The van der Waals surface area contributed by atoms with Crippen LogP contribution in [-0.4, -0.2) is 0 Å². The third kappa shape index (κ3) is 3.49. The Balaban J connectivity index is 1.67. The zero-order valence-corrected chi connectivity index (χ0v) is 15.4.